The average molecular weight is 355 g/mol. The minimum absolute atomic E-state index is 0.0567. The van der Waals surface area contributed by atoms with Crippen molar-refractivity contribution in [1.82, 2.24) is 10.1 Å². The van der Waals surface area contributed by atoms with Crippen LogP contribution in [0, 0.1) is 0 Å². The number of rotatable bonds is 7. The van der Waals surface area contributed by atoms with Crippen molar-refractivity contribution in [3.63, 3.8) is 0 Å². The number of methoxy groups -OCH3 is 1. The van der Waals surface area contributed by atoms with E-state index in [1.54, 1.807) is 13.4 Å². The first-order chi connectivity index (χ1) is 12.3. The Kier molecular flexibility index (Phi) is 5.69. The zero-order valence-corrected chi connectivity index (χ0v) is 14.6. The third kappa shape index (κ3) is 4.39. The van der Waals surface area contributed by atoms with Crippen LogP contribution in [0.2, 0.25) is 0 Å². The van der Waals surface area contributed by atoms with Crippen molar-refractivity contribution in [2.45, 2.75) is 11.6 Å². The van der Waals surface area contributed by atoms with Crippen molar-refractivity contribution < 1.29 is 14.2 Å². The Morgan fingerprint density at radius 1 is 1.20 bits per heavy atom. The topological polar surface area (TPSA) is 70.9 Å². The Hall–Kier alpha value is -2.80. The summed E-state index contributed by atoms with van der Waals surface area (Å²) in [5.74, 6) is 1.22. The van der Waals surface area contributed by atoms with Gasteiger partial charge in [0.15, 0.2) is 5.69 Å². The summed E-state index contributed by atoms with van der Waals surface area (Å²) in [4.78, 5) is 16.5. The number of nitrogens with zero attached hydrogens (tertiary/aromatic N) is 2. The first-order valence-corrected chi connectivity index (χ1v) is 8.83. The number of carbonyl (C=O) groups excluding carboxylic acids is 1. The number of aromatic amines is 1. The molecule has 3 rings (SSSR count). The van der Waals surface area contributed by atoms with Crippen LogP contribution in [0.1, 0.15) is 6.42 Å². The molecule has 0 saturated carbocycles. The molecule has 0 fully saturated rings. The maximum absolute atomic E-state index is 12.1. The molecule has 0 bridgehead atoms. The maximum Gasteiger partial charge on any atom is 0.385 e. The number of anilines is 1. The number of thioether (sulfide) groups is 1. The number of benzene rings is 2. The van der Waals surface area contributed by atoms with Crippen molar-refractivity contribution in [3.8, 4) is 11.4 Å². The Morgan fingerprint density at radius 3 is 2.76 bits per heavy atom. The van der Waals surface area contributed by atoms with Crippen LogP contribution in [0.25, 0.3) is 5.69 Å². The number of nitrogens with one attached hydrogen (secondary N) is 2. The Labute approximate surface area is 150 Å². The third-order valence-electron chi connectivity index (χ3n) is 3.51. The summed E-state index contributed by atoms with van der Waals surface area (Å²) in [6.07, 6.45) is 2.02. The molecule has 7 heteroatoms. The van der Waals surface area contributed by atoms with Gasteiger partial charge in [-0.1, -0.05) is 30.3 Å². The van der Waals surface area contributed by atoms with Crippen molar-refractivity contribution >= 4 is 23.4 Å². The fourth-order valence-electron chi connectivity index (χ4n) is 2.31. The minimum atomic E-state index is -0.0567. The van der Waals surface area contributed by atoms with E-state index in [0.29, 0.717) is 23.6 Å². The van der Waals surface area contributed by atoms with Gasteiger partial charge in [0.1, 0.15) is 5.75 Å². The van der Waals surface area contributed by atoms with Crippen LogP contribution < -0.4 is 14.7 Å². The lowest BCUT2D eigenvalue weighted by Gasteiger charge is -2.09. The molecule has 25 heavy (non-hydrogen) atoms. The number of hydrogen-bond acceptors (Lipinski definition) is 4. The van der Waals surface area contributed by atoms with Gasteiger partial charge < -0.3 is 10.1 Å². The van der Waals surface area contributed by atoms with Gasteiger partial charge in [-0.05, 0) is 41.0 Å². The molecule has 1 amide bonds. The number of carbonyl (C=O) groups is 1. The van der Waals surface area contributed by atoms with Gasteiger partial charge in [0.05, 0.1) is 12.8 Å². The molecule has 0 saturated heterocycles. The van der Waals surface area contributed by atoms with Crippen LogP contribution in [0.5, 0.6) is 5.75 Å². The van der Waals surface area contributed by atoms with Crippen molar-refractivity contribution in [2.24, 2.45) is 0 Å². The lowest BCUT2D eigenvalue weighted by atomic mass is 10.3. The van der Waals surface area contributed by atoms with E-state index in [0.717, 1.165) is 10.8 Å². The molecule has 0 aliphatic rings. The smallest absolute Gasteiger partial charge is 0.385 e. The van der Waals surface area contributed by atoms with Crippen LogP contribution in [0.3, 0.4) is 0 Å². The normalized spacial score (nSPS) is 10.4. The summed E-state index contributed by atoms with van der Waals surface area (Å²) in [6.45, 7) is 0. The molecule has 6 nitrogen and oxygen atoms in total. The quantitative estimate of drug-likeness (QED) is 0.505. The highest BCUT2D eigenvalue weighted by molar-refractivity contribution is 7.99. The van der Waals surface area contributed by atoms with Gasteiger partial charge in [0, 0.05) is 12.2 Å². The summed E-state index contributed by atoms with van der Waals surface area (Å²) in [5, 5.41) is 6.77. The Balaban J connectivity index is 1.55. The molecule has 1 aromatic heterocycles. The lowest BCUT2D eigenvalue weighted by Crippen LogP contribution is -2.34. The van der Waals surface area contributed by atoms with Crippen LogP contribution >= 0.6 is 11.8 Å². The SMILES string of the molecule is COc1ccccc1NC(=O)CCSc1nc[nH][n+]1-c1ccccc1. The molecule has 2 aromatic carbocycles. The number of H-pyrrole nitrogens is 1. The zero-order chi connectivity index (χ0) is 17.5. The van der Waals surface area contributed by atoms with Gasteiger partial charge in [-0.15, -0.1) is 4.68 Å². The van der Waals surface area contributed by atoms with Crippen LogP contribution in [-0.2, 0) is 4.79 Å². The molecule has 0 unspecified atom stereocenters. The summed E-state index contributed by atoms with van der Waals surface area (Å²) >= 11 is 1.53. The fourth-order valence-corrected chi connectivity index (χ4v) is 3.20. The maximum atomic E-state index is 12.1. The number of ether oxygens (including phenoxy) is 1. The van der Waals surface area contributed by atoms with Gasteiger partial charge in [-0.3, -0.25) is 4.79 Å². The highest BCUT2D eigenvalue weighted by atomic mass is 32.2. The zero-order valence-electron chi connectivity index (χ0n) is 13.8. The van der Waals surface area contributed by atoms with Crippen molar-refractivity contribution in [3.05, 3.63) is 60.9 Å². The monoisotopic (exact) mass is 355 g/mol. The van der Waals surface area contributed by atoms with E-state index >= 15 is 0 Å². The summed E-state index contributed by atoms with van der Waals surface area (Å²) in [7, 11) is 1.58. The van der Waals surface area contributed by atoms with E-state index in [1.165, 1.54) is 11.8 Å². The number of amides is 1. The molecule has 0 radical (unpaired) electrons. The van der Waals surface area contributed by atoms with Gasteiger partial charge in [-0.25, -0.2) is 0 Å². The summed E-state index contributed by atoms with van der Waals surface area (Å²) < 4.78 is 7.13. The van der Waals surface area contributed by atoms with E-state index in [1.807, 2.05) is 59.3 Å². The van der Waals surface area contributed by atoms with Gasteiger partial charge >= 0.3 is 5.16 Å². The van der Waals surface area contributed by atoms with Gasteiger partial charge in [-0.2, -0.15) is 5.10 Å². The van der Waals surface area contributed by atoms with Crippen LogP contribution in [-0.4, -0.2) is 28.9 Å². The molecular weight excluding hydrogens is 336 g/mol. The second-order valence-corrected chi connectivity index (χ2v) is 6.25. The van der Waals surface area contributed by atoms with Crippen LogP contribution in [0.15, 0.2) is 66.1 Å². The highest BCUT2D eigenvalue weighted by Gasteiger charge is 2.17. The number of aromatic nitrogens is 3. The summed E-state index contributed by atoms with van der Waals surface area (Å²) in [6, 6.07) is 17.3. The number of hydrogen-bond donors (Lipinski definition) is 2. The van der Waals surface area contributed by atoms with E-state index in [9.17, 15) is 4.79 Å². The van der Waals surface area contributed by atoms with E-state index < -0.39 is 0 Å². The van der Waals surface area contributed by atoms with Gasteiger partial charge in [0.2, 0.25) is 12.2 Å². The molecule has 128 valence electrons. The number of para-hydroxylation sites is 3. The molecular formula is C18H19N4O2S+. The molecule has 3 aromatic rings. The third-order valence-corrected chi connectivity index (χ3v) is 4.46. The Morgan fingerprint density at radius 2 is 1.96 bits per heavy atom. The lowest BCUT2D eigenvalue weighted by molar-refractivity contribution is -0.694. The highest BCUT2D eigenvalue weighted by Crippen LogP contribution is 2.23. The standard InChI is InChI=1S/C18H18N4O2S/c1-24-16-10-6-5-9-15(16)21-17(23)11-12-25-18-19-13-20-22(18)14-7-3-2-4-8-14/h2-10,13H,11-12H2,1H3,(H,21,23)/p+1. The minimum Gasteiger partial charge on any atom is -0.495 e. The van der Waals surface area contributed by atoms with Crippen LogP contribution in [0.4, 0.5) is 5.69 Å². The first kappa shape index (κ1) is 17.0. The van der Waals surface area contributed by atoms with E-state index in [4.69, 9.17) is 4.74 Å². The molecule has 0 atom stereocenters. The predicted octanol–water partition coefficient (Wildman–Crippen LogP) is 2.82. The largest absolute Gasteiger partial charge is 0.495 e. The van der Waals surface area contributed by atoms with Crippen molar-refractivity contribution in [1.29, 1.82) is 0 Å². The summed E-state index contributed by atoms with van der Waals surface area (Å²) in [5.41, 5.74) is 1.68. The Bertz CT molecular complexity index is 836. The van der Waals surface area contributed by atoms with Gasteiger partial charge in [0.25, 0.3) is 0 Å². The molecule has 0 aliphatic heterocycles. The predicted molar refractivity (Wildman–Crippen MR) is 97.1 cm³/mol. The van der Waals surface area contributed by atoms with Crippen molar-refractivity contribution in [2.75, 3.05) is 18.2 Å². The second kappa shape index (κ2) is 8.34. The second-order valence-electron chi connectivity index (χ2n) is 5.19. The first-order valence-electron chi connectivity index (χ1n) is 7.84. The fraction of sp³-hybridized carbons (Fsp3) is 0.167. The molecule has 0 aliphatic carbocycles. The van der Waals surface area contributed by atoms with E-state index in [2.05, 4.69) is 15.4 Å². The van der Waals surface area contributed by atoms with E-state index in [-0.39, 0.29) is 5.91 Å². The molecule has 0 spiro atoms. The molecule has 1 heterocycles. The average Bonchev–Trinajstić information content (AvgIpc) is 3.11. The molecule has 2 N–H and O–H groups in total.